The first-order valence-electron chi connectivity index (χ1n) is 9.10. The second-order valence-electron chi connectivity index (χ2n) is 7.15. The molecule has 1 aromatic rings. The van der Waals surface area contributed by atoms with Crippen LogP contribution in [0.3, 0.4) is 0 Å². The van der Waals surface area contributed by atoms with E-state index >= 15 is 0 Å². The van der Waals surface area contributed by atoms with Crippen molar-refractivity contribution in [3.8, 4) is 5.75 Å². The number of hydrogen-bond donors (Lipinski definition) is 2. The number of methoxy groups -OCH3 is 1. The highest BCUT2D eigenvalue weighted by atomic mass is 127. The molecule has 0 aromatic heterocycles. The Bertz CT molecular complexity index is 575. The Morgan fingerprint density at radius 3 is 2.62 bits per heavy atom. The van der Waals surface area contributed by atoms with Crippen molar-refractivity contribution in [2.75, 3.05) is 38.6 Å². The number of anilines is 1. The van der Waals surface area contributed by atoms with E-state index < -0.39 is 0 Å². The van der Waals surface area contributed by atoms with Gasteiger partial charge in [-0.25, -0.2) is 0 Å². The highest BCUT2D eigenvalue weighted by Gasteiger charge is 2.20. The molecule has 1 aromatic carbocycles. The maximum Gasteiger partial charge on any atom is 0.193 e. The van der Waals surface area contributed by atoms with E-state index in [1.807, 2.05) is 6.07 Å². The molecule has 148 valence electrons. The third kappa shape index (κ3) is 7.88. The molecule has 1 aliphatic rings. The summed E-state index contributed by atoms with van der Waals surface area (Å²) in [5, 5.41) is 3.61. The number of benzene rings is 1. The van der Waals surface area contributed by atoms with E-state index in [9.17, 15) is 0 Å². The van der Waals surface area contributed by atoms with Gasteiger partial charge in [-0.3, -0.25) is 4.99 Å². The molecule has 0 aliphatic carbocycles. The fourth-order valence-electron chi connectivity index (χ4n) is 3.55. The number of nitrogens with two attached hydrogens (primary N) is 1. The number of nitrogens with one attached hydrogen (secondary N) is 1. The van der Waals surface area contributed by atoms with Crippen LogP contribution in [0, 0.1) is 11.8 Å². The van der Waals surface area contributed by atoms with Gasteiger partial charge in [0.25, 0.3) is 0 Å². The molecule has 1 aliphatic heterocycles. The fraction of sp³-hybridized carbons (Fsp3) is 0.632. The number of piperidine rings is 1. The summed E-state index contributed by atoms with van der Waals surface area (Å²) in [4.78, 5) is 6.98. The topological polar surface area (TPSA) is 62.9 Å². The van der Waals surface area contributed by atoms with E-state index in [0.717, 1.165) is 43.5 Å². The summed E-state index contributed by atoms with van der Waals surface area (Å²) in [6, 6.07) is 5.45. The third-order valence-electron chi connectivity index (χ3n) is 4.53. The molecule has 0 amide bonds. The summed E-state index contributed by atoms with van der Waals surface area (Å²) in [5.41, 5.74) is 6.75. The number of hydrogen-bond acceptors (Lipinski definition) is 3. The van der Waals surface area contributed by atoms with E-state index in [4.69, 9.17) is 22.1 Å². The molecule has 0 spiro atoms. The highest BCUT2D eigenvalue weighted by Crippen LogP contribution is 2.27. The Balaban J connectivity index is 0.00000338. The SMILES string of the molecule is COc1ccc(NC(N)=NCCCCN2CC(C)CC(C)C2)cc1Cl.I. The minimum atomic E-state index is 0. The molecular weight excluding hydrogens is 463 g/mol. The summed E-state index contributed by atoms with van der Waals surface area (Å²) in [6.07, 6.45) is 3.56. The molecule has 7 heteroatoms. The lowest BCUT2D eigenvalue weighted by molar-refractivity contribution is 0.139. The monoisotopic (exact) mass is 494 g/mol. The van der Waals surface area contributed by atoms with E-state index in [0.29, 0.717) is 16.7 Å². The molecule has 5 nitrogen and oxygen atoms in total. The number of likely N-dealkylation sites (tertiary alicyclic amines) is 1. The van der Waals surface area contributed by atoms with Crippen molar-refractivity contribution in [3.63, 3.8) is 0 Å². The molecule has 0 saturated carbocycles. The first-order chi connectivity index (χ1) is 12.0. The Morgan fingerprint density at radius 1 is 1.31 bits per heavy atom. The van der Waals surface area contributed by atoms with E-state index in [1.165, 1.54) is 19.5 Å². The summed E-state index contributed by atoms with van der Waals surface area (Å²) >= 11 is 6.10. The number of aliphatic imine (C=N–C) groups is 1. The number of unbranched alkanes of at least 4 members (excludes halogenated alkanes) is 1. The van der Waals surface area contributed by atoms with Gasteiger partial charge in [-0.2, -0.15) is 0 Å². The summed E-state index contributed by atoms with van der Waals surface area (Å²) in [7, 11) is 1.59. The minimum absolute atomic E-state index is 0. The predicted octanol–water partition coefficient (Wildman–Crippen LogP) is 4.45. The first kappa shape index (κ1) is 23.3. The summed E-state index contributed by atoms with van der Waals surface area (Å²) in [5.74, 6) is 2.70. The molecule has 2 unspecified atom stereocenters. The standard InChI is InChI=1S/C19H31ClN4O.HI/c1-14-10-15(2)13-24(12-14)9-5-4-8-22-19(21)23-16-6-7-18(25-3)17(20)11-16;/h6-7,11,14-15H,4-5,8-10,12-13H2,1-3H3,(H3,21,22,23);1H. The summed E-state index contributed by atoms with van der Waals surface area (Å²) in [6.45, 7) is 9.06. The van der Waals surface area contributed by atoms with E-state index in [1.54, 1.807) is 19.2 Å². The average Bonchev–Trinajstić information content (AvgIpc) is 2.54. The zero-order valence-corrected chi connectivity index (χ0v) is 19.1. The maximum absolute atomic E-state index is 6.10. The normalized spacial score (nSPS) is 21.2. The van der Waals surface area contributed by atoms with Gasteiger partial charge in [0.15, 0.2) is 5.96 Å². The molecule has 2 rings (SSSR count). The largest absolute Gasteiger partial charge is 0.495 e. The Kier molecular flexibility index (Phi) is 10.6. The number of rotatable bonds is 7. The van der Waals surface area contributed by atoms with E-state index in [2.05, 4.69) is 29.1 Å². The van der Waals surface area contributed by atoms with Gasteiger partial charge in [-0.15, -0.1) is 24.0 Å². The second-order valence-corrected chi connectivity index (χ2v) is 7.56. The van der Waals surface area contributed by atoms with Crippen LogP contribution < -0.4 is 15.8 Å². The molecule has 3 N–H and O–H groups in total. The van der Waals surface area contributed by atoms with Crippen LogP contribution in [0.1, 0.15) is 33.1 Å². The molecule has 0 radical (unpaired) electrons. The Hall–Kier alpha value is -0.730. The number of guanidine groups is 1. The Morgan fingerprint density at radius 2 is 2.00 bits per heavy atom. The van der Waals surface area contributed by atoms with Gasteiger partial charge in [0.1, 0.15) is 5.75 Å². The fourth-order valence-corrected chi connectivity index (χ4v) is 3.81. The van der Waals surface area contributed by atoms with Crippen molar-refractivity contribution in [1.82, 2.24) is 4.90 Å². The van der Waals surface area contributed by atoms with Crippen molar-refractivity contribution in [3.05, 3.63) is 23.2 Å². The highest BCUT2D eigenvalue weighted by molar-refractivity contribution is 14.0. The number of ether oxygens (including phenoxy) is 1. The van der Waals surface area contributed by atoms with Gasteiger partial charge in [0.05, 0.1) is 12.1 Å². The number of nitrogens with zero attached hydrogens (tertiary/aromatic N) is 2. The van der Waals surface area contributed by atoms with Crippen molar-refractivity contribution < 1.29 is 4.74 Å². The van der Waals surface area contributed by atoms with Gasteiger partial charge in [0, 0.05) is 25.3 Å². The first-order valence-corrected chi connectivity index (χ1v) is 9.48. The van der Waals surface area contributed by atoms with Crippen molar-refractivity contribution in [2.45, 2.75) is 33.1 Å². The van der Waals surface area contributed by atoms with Gasteiger partial charge in [0.2, 0.25) is 0 Å². The number of halogens is 2. The molecule has 2 atom stereocenters. The van der Waals surface area contributed by atoms with E-state index in [-0.39, 0.29) is 24.0 Å². The lowest BCUT2D eigenvalue weighted by Crippen LogP contribution is -2.39. The molecule has 1 fully saturated rings. The lowest BCUT2D eigenvalue weighted by atomic mass is 9.92. The van der Waals surface area contributed by atoms with Crippen molar-refractivity contribution >= 4 is 47.2 Å². The van der Waals surface area contributed by atoms with Crippen LogP contribution in [0.2, 0.25) is 5.02 Å². The molecule has 1 heterocycles. The predicted molar refractivity (Wildman–Crippen MR) is 122 cm³/mol. The van der Waals surface area contributed by atoms with Crippen molar-refractivity contribution in [1.29, 1.82) is 0 Å². The smallest absolute Gasteiger partial charge is 0.193 e. The molecule has 1 saturated heterocycles. The molecule has 0 bridgehead atoms. The van der Waals surface area contributed by atoms with Gasteiger partial charge < -0.3 is 20.7 Å². The zero-order valence-electron chi connectivity index (χ0n) is 16.0. The third-order valence-corrected chi connectivity index (χ3v) is 4.83. The second kappa shape index (κ2) is 11.9. The van der Waals surface area contributed by atoms with Crippen molar-refractivity contribution in [2.24, 2.45) is 22.6 Å². The maximum atomic E-state index is 6.10. The van der Waals surface area contributed by atoms with Crippen LogP contribution in [0.25, 0.3) is 0 Å². The van der Waals surface area contributed by atoms with Crippen LogP contribution in [0.5, 0.6) is 5.75 Å². The van der Waals surface area contributed by atoms with Gasteiger partial charge >= 0.3 is 0 Å². The average molecular weight is 495 g/mol. The minimum Gasteiger partial charge on any atom is -0.495 e. The van der Waals surface area contributed by atoms with Crippen LogP contribution >= 0.6 is 35.6 Å². The zero-order chi connectivity index (χ0) is 18.2. The van der Waals surface area contributed by atoms with Crippen LogP contribution in [0.4, 0.5) is 5.69 Å². The Labute approximate surface area is 179 Å². The quantitative estimate of drug-likeness (QED) is 0.254. The molecular formula is C19H32ClIN4O. The van der Waals surface area contributed by atoms with Crippen LogP contribution in [-0.2, 0) is 0 Å². The molecule has 26 heavy (non-hydrogen) atoms. The summed E-state index contributed by atoms with van der Waals surface area (Å²) < 4.78 is 5.13. The van der Waals surface area contributed by atoms with Crippen LogP contribution in [0.15, 0.2) is 23.2 Å². The van der Waals surface area contributed by atoms with Gasteiger partial charge in [-0.05, 0) is 55.8 Å². The van der Waals surface area contributed by atoms with Crippen LogP contribution in [-0.4, -0.2) is 44.1 Å². The lowest BCUT2D eigenvalue weighted by Gasteiger charge is -2.34. The van der Waals surface area contributed by atoms with Gasteiger partial charge in [-0.1, -0.05) is 25.4 Å².